The van der Waals surface area contributed by atoms with Crippen LogP contribution < -0.4 is 10.1 Å². The molecule has 2 aromatic rings. The van der Waals surface area contributed by atoms with Crippen LogP contribution in [0.4, 0.5) is 4.39 Å². The van der Waals surface area contributed by atoms with Gasteiger partial charge in [-0.05, 0) is 37.3 Å². The topological polar surface area (TPSA) is 38.3 Å². The predicted molar refractivity (Wildman–Crippen MR) is 75.3 cm³/mol. The normalized spacial score (nSPS) is 10.2. The van der Waals surface area contributed by atoms with Crippen LogP contribution in [0.5, 0.6) is 5.75 Å². The van der Waals surface area contributed by atoms with E-state index >= 15 is 0 Å². The molecule has 0 atom stereocenters. The van der Waals surface area contributed by atoms with Crippen molar-refractivity contribution in [1.29, 1.82) is 0 Å². The minimum absolute atomic E-state index is 0.198. The van der Waals surface area contributed by atoms with Crippen molar-refractivity contribution in [2.24, 2.45) is 0 Å². The molecule has 0 heterocycles. The Morgan fingerprint density at radius 2 is 1.90 bits per heavy atom. The van der Waals surface area contributed by atoms with E-state index in [1.165, 1.54) is 19.2 Å². The molecule has 2 aromatic carbocycles. The third-order valence-corrected chi connectivity index (χ3v) is 3.00. The van der Waals surface area contributed by atoms with E-state index in [-0.39, 0.29) is 18.3 Å². The lowest BCUT2D eigenvalue weighted by Gasteiger charge is -2.10. The number of methoxy groups -OCH3 is 1. The van der Waals surface area contributed by atoms with Crippen molar-refractivity contribution >= 4 is 5.91 Å². The van der Waals surface area contributed by atoms with Crippen LogP contribution in [-0.4, -0.2) is 13.0 Å². The van der Waals surface area contributed by atoms with E-state index in [2.05, 4.69) is 5.32 Å². The number of aryl methyl sites for hydroxylation is 1. The number of hydrogen-bond donors (Lipinski definition) is 1. The van der Waals surface area contributed by atoms with Crippen LogP contribution >= 0.6 is 0 Å². The van der Waals surface area contributed by atoms with Gasteiger partial charge in [0.05, 0.1) is 7.11 Å². The summed E-state index contributed by atoms with van der Waals surface area (Å²) in [6.45, 7) is 2.17. The molecule has 0 aromatic heterocycles. The van der Waals surface area contributed by atoms with Gasteiger partial charge < -0.3 is 10.1 Å². The summed E-state index contributed by atoms with van der Waals surface area (Å²) < 4.78 is 18.3. The van der Waals surface area contributed by atoms with E-state index in [0.29, 0.717) is 16.9 Å². The molecule has 1 amide bonds. The lowest BCUT2D eigenvalue weighted by atomic mass is 10.1. The Hall–Kier alpha value is -2.36. The molecule has 4 heteroatoms. The minimum atomic E-state index is -0.356. The van der Waals surface area contributed by atoms with Crippen molar-refractivity contribution in [3.63, 3.8) is 0 Å². The molecule has 0 radical (unpaired) electrons. The highest BCUT2D eigenvalue weighted by Gasteiger charge is 2.08. The first-order valence-corrected chi connectivity index (χ1v) is 6.27. The minimum Gasteiger partial charge on any atom is -0.496 e. The fourth-order valence-electron chi connectivity index (χ4n) is 1.87. The Morgan fingerprint density at radius 1 is 1.20 bits per heavy atom. The number of nitrogens with one attached hydrogen (secondary N) is 1. The molecule has 0 unspecified atom stereocenters. The van der Waals surface area contributed by atoms with Crippen LogP contribution in [0, 0.1) is 12.7 Å². The zero-order chi connectivity index (χ0) is 14.5. The van der Waals surface area contributed by atoms with Crippen molar-refractivity contribution in [3.8, 4) is 5.75 Å². The van der Waals surface area contributed by atoms with E-state index in [1.807, 2.05) is 19.1 Å². The summed E-state index contributed by atoms with van der Waals surface area (Å²) in [4.78, 5) is 12.0. The number of ether oxygens (including phenoxy) is 1. The van der Waals surface area contributed by atoms with Gasteiger partial charge >= 0.3 is 0 Å². The average molecular weight is 273 g/mol. The molecule has 0 fully saturated rings. The molecule has 1 N–H and O–H groups in total. The molecule has 0 aliphatic rings. The van der Waals surface area contributed by atoms with Gasteiger partial charge in [-0.25, -0.2) is 4.39 Å². The summed E-state index contributed by atoms with van der Waals surface area (Å²) in [5, 5.41) is 2.75. The van der Waals surface area contributed by atoms with E-state index in [0.717, 1.165) is 5.56 Å². The van der Waals surface area contributed by atoms with Gasteiger partial charge in [0.1, 0.15) is 11.6 Å². The summed E-state index contributed by atoms with van der Waals surface area (Å²) >= 11 is 0. The molecule has 0 saturated heterocycles. The standard InChI is InChI=1S/C16H16FNO2/c1-11-3-5-12(6-4-11)16(19)18-10-13-9-14(17)7-8-15(13)20-2/h3-9H,10H2,1-2H3,(H,18,19). The number of benzene rings is 2. The van der Waals surface area contributed by atoms with Crippen LogP contribution in [0.15, 0.2) is 42.5 Å². The highest BCUT2D eigenvalue weighted by Crippen LogP contribution is 2.19. The number of rotatable bonds is 4. The Labute approximate surface area is 117 Å². The average Bonchev–Trinajstić information content (AvgIpc) is 2.45. The molecular weight excluding hydrogens is 257 g/mol. The van der Waals surface area contributed by atoms with Gasteiger partial charge in [-0.15, -0.1) is 0 Å². The third kappa shape index (κ3) is 3.35. The maximum atomic E-state index is 13.2. The van der Waals surface area contributed by atoms with Gasteiger partial charge in [-0.1, -0.05) is 17.7 Å². The predicted octanol–water partition coefficient (Wildman–Crippen LogP) is 3.07. The summed E-state index contributed by atoms with van der Waals surface area (Å²) in [5.41, 5.74) is 2.27. The van der Waals surface area contributed by atoms with Gasteiger partial charge in [0, 0.05) is 17.7 Å². The molecule has 0 saturated carbocycles. The van der Waals surface area contributed by atoms with E-state index in [1.54, 1.807) is 18.2 Å². The van der Waals surface area contributed by atoms with Crippen LogP contribution in [0.2, 0.25) is 0 Å². The quantitative estimate of drug-likeness (QED) is 0.929. The van der Waals surface area contributed by atoms with E-state index in [4.69, 9.17) is 4.74 Å². The molecule has 0 aliphatic heterocycles. The second-order valence-corrected chi connectivity index (χ2v) is 4.50. The van der Waals surface area contributed by atoms with E-state index < -0.39 is 0 Å². The highest BCUT2D eigenvalue weighted by molar-refractivity contribution is 5.94. The van der Waals surface area contributed by atoms with Crippen molar-refractivity contribution in [2.75, 3.05) is 7.11 Å². The van der Waals surface area contributed by atoms with E-state index in [9.17, 15) is 9.18 Å². The first-order valence-electron chi connectivity index (χ1n) is 6.27. The maximum absolute atomic E-state index is 13.2. The van der Waals surface area contributed by atoms with Gasteiger partial charge in [0.15, 0.2) is 0 Å². The Balaban J connectivity index is 2.06. The van der Waals surface area contributed by atoms with Crippen LogP contribution in [-0.2, 0) is 6.54 Å². The van der Waals surface area contributed by atoms with Gasteiger partial charge in [0.25, 0.3) is 5.91 Å². The largest absolute Gasteiger partial charge is 0.496 e. The first kappa shape index (κ1) is 14.1. The Morgan fingerprint density at radius 3 is 2.55 bits per heavy atom. The number of amides is 1. The van der Waals surface area contributed by atoms with Gasteiger partial charge in [0.2, 0.25) is 0 Å². The SMILES string of the molecule is COc1ccc(F)cc1CNC(=O)c1ccc(C)cc1. The molecule has 0 spiro atoms. The molecule has 104 valence electrons. The maximum Gasteiger partial charge on any atom is 0.251 e. The number of carbonyl (C=O) groups is 1. The molecular formula is C16H16FNO2. The summed E-state index contributed by atoms with van der Waals surface area (Å²) in [6, 6.07) is 11.5. The molecule has 2 rings (SSSR count). The molecule has 3 nitrogen and oxygen atoms in total. The smallest absolute Gasteiger partial charge is 0.251 e. The highest BCUT2D eigenvalue weighted by atomic mass is 19.1. The first-order chi connectivity index (χ1) is 9.60. The fourth-order valence-corrected chi connectivity index (χ4v) is 1.87. The number of hydrogen-bond acceptors (Lipinski definition) is 2. The second-order valence-electron chi connectivity index (χ2n) is 4.50. The molecule has 0 aliphatic carbocycles. The fraction of sp³-hybridized carbons (Fsp3) is 0.188. The van der Waals surface area contributed by atoms with Crippen LogP contribution in [0.1, 0.15) is 21.5 Å². The number of halogens is 1. The van der Waals surface area contributed by atoms with Gasteiger partial charge in [-0.3, -0.25) is 4.79 Å². The lowest BCUT2D eigenvalue weighted by molar-refractivity contribution is 0.0950. The van der Waals surface area contributed by atoms with Crippen molar-refractivity contribution in [2.45, 2.75) is 13.5 Å². The summed E-state index contributed by atoms with van der Waals surface area (Å²) in [5.74, 6) is -0.00250. The Bertz CT molecular complexity index is 608. The summed E-state index contributed by atoms with van der Waals surface area (Å²) in [6.07, 6.45) is 0. The number of carbonyl (C=O) groups excluding carboxylic acids is 1. The second kappa shape index (κ2) is 6.19. The summed E-state index contributed by atoms with van der Waals surface area (Å²) in [7, 11) is 1.51. The van der Waals surface area contributed by atoms with Crippen LogP contribution in [0.25, 0.3) is 0 Å². The molecule has 20 heavy (non-hydrogen) atoms. The lowest BCUT2D eigenvalue weighted by Crippen LogP contribution is -2.23. The third-order valence-electron chi connectivity index (χ3n) is 3.00. The van der Waals surface area contributed by atoms with Crippen molar-refractivity contribution in [3.05, 3.63) is 65.0 Å². The monoisotopic (exact) mass is 273 g/mol. The van der Waals surface area contributed by atoms with Gasteiger partial charge in [-0.2, -0.15) is 0 Å². The Kier molecular flexibility index (Phi) is 4.35. The zero-order valence-electron chi connectivity index (χ0n) is 11.4. The van der Waals surface area contributed by atoms with Crippen molar-refractivity contribution < 1.29 is 13.9 Å². The van der Waals surface area contributed by atoms with Crippen LogP contribution in [0.3, 0.4) is 0 Å². The van der Waals surface area contributed by atoms with Crippen molar-refractivity contribution in [1.82, 2.24) is 5.32 Å². The molecule has 0 bridgehead atoms. The zero-order valence-corrected chi connectivity index (χ0v) is 11.4.